The van der Waals surface area contributed by atoms with Crippen molar-refractivity contribution in [2.45, 2.75) is 13.0 Å². The molecule has 0 saturated carbocycles. The van der Waals surface area contributed by atoms with Gasteiger partial charge in [-0.25, -0.2) is 9.87 Å². The third-order valence-electron chi connectivity index (χ3n) is 5.35. The normalized spacial score (nSPS) is 13.5. The summed E-state index contributed by atoms with van der Waals surface area (Å²) in [7, 11) is 0. The summed E-state index contributed by atoms with van der Waals surface area (Å²) >= 11 is 0. The highest BCUT2D eigenvalue weighted by molar-refractivity contribution is 6.24. The predicted octanol–water partition coefficient (Wildman–Crippen LogP) is 4.07. The van der Waals surface area contributed by atoms with E-state index in [9.17, 15) is 14.0 Å². The van der Waals surface area contributed by atoms with Crippen LogP contribution in [-0.2, 0) is 17.8 Å². The summed E-state index contributed by atoms with van der Waals surface area (Å²) in [5.74, 6) is -1.22. The SMILES string of the molecule is O=C(NO)c1ccc2c(c1)CN(C(=O)/C(=C/c1ccccc1)c1cccc(F)c1)CC2. The summed E-state index contributed by atoms with van der Waals surface area (Å²) in [6.45, 7) is 0.834. The van der Waals surface area contributed by atoms with Crippen molar-refractivity contribution in [1.29, 1.82) is 0 Å². The lowest BCUT2D eigenvalue weighted by Gasteiger charge is -2.30. The molecular formula is C25H21FN2O3. The van der Waals surface area contributed by atoms with Crippen LogP contribution in [0.2, 0.25) is 0 Å². The summed E-state index contributed by atoms with van der Waals surface area (Å²) in [4.78, 5) is 27.0. The van der Waals surface area contributed by atoms with E-state index >= 15 is 0 Å². The smallest absolute Gasteiger partial charge is 0.274 e. The Balaban J connectivity index is 1.68. The van der Waals surface area contributed by atoms with Crippen molar-refractivity contribution in [1.82, 2.24) is 10.4 Å². The molecule has 0 radical (unpaired) electrons. The van der Waals surface area contributed by atoms with Crippen LogP contribution in [0.5, 0.6) is 0 Å². The maximum Gasteiger partial charge on any atom is 0.274 e. The first kappa shape index (κ1) is 20.5. The minimum Gasteiger partial charge on any atom is -0.334 e. The Labute approximate surface area is 179 Å². The number of nitrogens with zero attached hydrogens (tertiary/aromatic N) is 1. The topological polar surface area (TPSA) is 69.6 Å². The van der Waals surface area contributed by atoms with E-state index in [2.05, 4.69) is 0 Å². The molecule has 31 heavy (non-hydrogen) atoms. The van der Waals surface area contributed by atoms with Crippen LogP contribution < -0.4 is 5.48 Å². The number of hydrogen-bond acceptors (Lipinski definition) is 3. The second-order valence-corrected chi connectivity index (χ2v) is 7.38. The number of hydroxylamine groups is 1. The number of nitrogens with one attached hydrogen (secondary N) is 1. The molecule has 0 bridgehead atoms. The molecular weight excluding hydrogens is 395 g/mol. The van der Waals surface area contributed by atoms with E-state index in [1.807, 2.05) is 36.4 Å². The Bertz CT molecular complexity index is 1160. The van der Waals surface area contributed by atoms with Gasteiger partial charge in [0, 0.05) is 24.2 Å². The summed E-state index contributed by atoms with van der Waals surface area (Å²) in [5, 5.41) is 8.89. The number of carbonyl (C=O) groups is 2. The van der Waals surface area contributed by atoms with Gasteiger partial charge in [-0.2, -0.15) is 0 Å². The van der Waals surface area contributed by atoms with Gasteiger partial charge in [-0.3, -0.25) is 14.8 Å². The van der Waals surface area contributed by atoms with Gasteiger partial charge in [-0.1, -0.05) is 48.5 Å². The minimum atomic E-state index is -0.601. The molecule has 0 saturated heterocycles. The molecule has 2 N–H and O–H groups in total. The molecule has 3 aromatic rings. The van der Waals surface area contributed by atoms with Gasteiger partial charge in [0.1, 0.15) is 5.82 Å². The van der Waals surface area contributed by atoms with Crippen LogP contribution in [0, 0.1) is 5.82 Å². The first-order valence-corrected chi connectivity index (χ1v) is 9.93. The maximum absolute atomic E-state index is 13.9. The van der Waals surface area contributed by atoms with Crippen molar-refractivity contribution >= 4 is 23.5 Å². The number of hydrogen-bond donors (Lipinski definition) is 2. The first-order chi connectivity index (χ1) is 15.0. The van der Waals surface area contributed by atoms with Crippen molar-refractivity contribution in [3.63, 3.8) is 0 Å². The summed E-state index contributed by atoms with van der Waals surface area (Å²) in [6, 6.07) is 20.6. The average molecular weight is 416 g/mol. The predicted molar refractivity (Wildman–Crippen MR) is 116 cm³/mol. The fraction of sp³-hybridized carbons (Fsp3) is 0.120. The highest BCUT2D eigenvalue weighted by atomic mass is 19.1. The van der Waals surface area contributed by atoms with Crippen molar-refractivity contribution in [2.24, 2.45) is 0 Å². The highest BCUT2D eigenvalue weighted by Crippen LogP contribution is 2.26. The number of amides is 2. The lowest BCUT2D eigenvalue weighted by Crippen LogP contribution is -2.36. The third-order valence-corrected chi connectivity index (χ3v) is 5.35. The number of fused-ring (bicyclic) bond motifs is 1. The van der Waals surface area contributed by atoms with Gasteiger partial charge in [0.15, 0.2) is 0 Å². The van der Waals surface area contributed by atoms with E-state index < -0.39 is 11.7 Å². The second-order valence-electron chi connectivity index (χ2n) is 7.38. The largest absolute Gasteiger partial charge is 0.334 e. The van der Waals surface area contributed by atoms with E-state index in [4.69, 9.17) is 5.21 Å². The van der Waals surface area contributed by atoms with Gasteiger partial charge in [0.2, 0.25) is 0 Å². The minimum absolute atomic E-state index is 0.211. The molecule has 1 aliphatic heterocycles. The number of halogens is 1. The van der Waals surface area contributed by atoms with Crippen molar-refractivity contribution in [3.05, 3.63) is 106 Å². The Hall–Kier alpha value is -3.77. The Morgan fingerprint density at radius 2 is 1.74 bits per heavy atom. The molecule has 0 fully saturated rings. The lowest BCUT2D eigenvalue weighted by atomic mass is 9.95. The number of benzene rings is 3. The molecule has 2 amide bonds. The van der Waals surface area contributed by atoms with Crippen LogP contribution in [0.25, 0.3) is 11.6 Å². The van der Waals surface area contributed by atoms with Crippen LogP contribution in [-0.4, -0.2) is 28.5 Å². The van der Waals surface area contributed by atoms with Crippen LogP contribution in [0.4, 0.5) is 4.39 Å². The van der Waals surface area contributed by atoms with Gasteiger partial charge in [-0.05, 0) is 59.0 Å². The molecule has 3 aromatic carbocycles. The fourth-order valence-electron chi connectivity index (χ4n) is 3.75. The van der Waals surface area contributed by atoms with Gasteiger partial charge in [-0.15, -0.1) is 0 Å². The quantitative estimate of drug-likeness (QED) is 0.292. The molecule has 0 aromatic heterocycles. The zero-order valence-electron chi connectivity index (χ0n) is 16.7. The molecule has 5 nitrogen and oxygen atoms in total. The summed E-state index contributed by atoms with van der Waals surface area (Å²) in [6.07, 6.45) is 2.41. The Kier molecular flexibility index (Phi) is 5.91. The Morgan fingerprint density at radius 3 is 2.48 bits per heavy atom. The summed E-state index contributed by atoms with van der Waals surface area (Å²) in [5.41, 5.74) is 5.60. The molecule has 0 aliphatic carbocycles. The van der Waals surface area contributed by atoms with Crippen LogP contribution in [0.3, 0.4) is 0 Å². The maximum atomic E-state index is 13.9. The van der Waals surface area contributed by atoms with Gasteiger partial charge in [0.05, 0.1) is 0 Å². The van der Waals surface area contributed by atoms with Crippen LogP contribution in [0.1, 0.15) is 32.6 Å². The average Bonchev–Trinajstić information content (AvgIpc) is 2.81. The van der Waals surface area contributed by atoms with E-state index in [1.165, 1.54) is 12.1 Å². The van der Waals surface area contributed by atoms with E-state index in [0.29, 0.717) is 36.2 Å². The lowest BCUT2D eigenvalue weighted by molar-refractivity contribution is -0.125. The fourth-order valence-corrected chi connectivity index (χ4v) is 3.75. The van der Waals surface area contributed by atoms with Crippen LogP contribution in [0.15, 0.2) is 72.8 Å². The first-order valence-electron chi connectivity index (χ1n) is 9.93. The van der Waals surface area contributed by atoms with E-state index in [-0.39, 0.29) is 5.91 Å². The third kappa shape index (κ3) is 4.54. The monoisotopic (exact) mass is 416 g/mol. The molecule has 0 spiro atoms. The van der Waals surface area contributed by atoms with Gasteiger partial charge in [0.25, 0.3) is 11.8 Å². The van der Waals surface area contributed by atoms with E-state index in [1.54, 1.807) is 40.7 Å². The second kappa shape index (κ2) is 8.93. The molecule has 0 atom stereocenters. The van der Waals surface area contributed by atoms with Crippen LogP contribution >= 0.6 is 0 Å². The van der Waals surface area contributed by atoms with Crippen molar-refractivity contribution < 1.29 is 19.2 Å². The number of carbonyl (C=O) groups excluding carboxylic acids is 2. The van der Waals surface area contributed by atoms with Crippen molar-refractivity contribution in [2.75, 3.05) is 6.54 Å². The zero-order valence-corrected chi connectivity index (χ0v) is 16.7. The molecule has 1 heterocycles. The molecule has 0 unspecified atom stereocenters. The van der Waals surface area contributed by atoms with Gasteiger partial charge < -0.3 is 4.90 Å². The standard InChI is InChI=1S/C25H21FN2O3/c26-22-8-4-7-19(15-22)23(13-17-5-2-1-3-6-17)25(30)28-12-11-18-9-10-20(24(29)27-31)14-21(18)16-28/h1-10,13-15,31H,11-12,16H2,(H,27,29)/b23-13+. The molecule has 1 aliphatic rings. The van der Waals surface area contributed by atoms with Crippen molar-refractivity contribution in [3.8, 4) is 0 Å². The molecule has 6 heteroatoms. The van der Waals surface area contributed by atoms with E-state index in [0.717, 1.165) is 16.7 Å². The molecule has 4 rings (SSSR count). The Morgan fingerprint density at radius 1 is 0.935 bits per heavy atom. The summed E-state index contributed by atoms with van der Waals surface area (Å²) < 4.78 is 13.9. The van der Waals surface area contributed by atoms with Gasteiger partial charge >= 0.3 is 0 Å². The molecule has 156 valence electrons. The number of rotatable bonds is 4. The zero-order chi connectivity index (χ0) is 21.8. The highest BCUT2D eigenvalue weighted by Gasteiger charge is 2.25.